The van der Waals surface area contributed by atoms with Crippen LogP contribution in [0, 0.1) is 0 Å². The number of benzene rings is 1. The molecule has 1 aromatic carbocycles. The minimum absolute atomic E-state index is 0.392. The molecule has 4 heterocycles. The Kier molecular flexibility index (Phi) is 4.61. The predicted molar refractivity (Wildman–Crippen MR) is 111 cm³/mol. The first-order valence-electron chi connectivity index (χ1n) is 9.51. The monoisotopic (exact) mass is 398 g/mol. The van der Waals surface area contributed by atoms with Crippen molar-refractivity contribution in [2.45, 2.75) is 6.42 Å². The fraction of sp³-hybridized carbons (Fsp3) is 0.0870. The summed E-state index contributed by atoms with van der Waals surface area (Å²) in [6, 6.07) is 16.9. The summed E-state index contributed by atoms with van der Waals surface area (Å²) < 4.78 is 13.8. The maximum absolute atomic E-state index is 9.57. The second-order valence-corrected chi connectivity index (χ2v) is 6.82. The van der Waals surface area contributed by atoms with E-state index < -0.39 is 0 Å². The molecular formula is C23H18N4O3. The number of ether oxygens (including phenoxy) is 1. The molecule has 4 aromatic heterocycles. The van der Waals surface area contributed by atoms with Crippen LogP contribution >= 0.6 is 0 Å². The van der Waals surface area contributed by atoms with E-state index in [1.165, 1.54) is 0 Å². The molecule has 0 unspecified atom stereocenters. The van der Waals surface area contributed by atoms with Gasteiger partial charge in [0.2, 0.25) is 0 Å². The molecule has 0 saturated heterocycles. The second-order valence-electron chi connectivity index (χ2n) is 6.82. The molecule has 0 fully saturated rings. The number of nitrogens with zero attached hydrogens (tertiary/aromatic N) is 4. The van der Waals surface area contributed by atoms with E-state index in [1.54, 1.807) is 24.8 Å². The lowest BCUT2D eigenvalue weighted by Gasteiger charge is -2.08. The Balaban J connectivity index is 1.45. The summed E-state index contributed by atoms with van der Waals surface area (Å²) >= 11 is 0. The average Bonchev–Trinajstić information content (AvgIpc) is 3.27. The molecule has 0 amide bonds. The fourth-order valence-electron chi connectivity index (χ4n) is 3.35. The van der Waals surface area contributed by atoms with Crippen LogP contribution in [-0.4, -0.2) is 26.2 Å². The molecule has 5 rings (SSSR count). The van der Waals surface area contributed by atoms with Crippen LogP contribution in [-0.2, 0) is 6.42 Å². The van der Waals surface area contributed by atoms with Crippen molar-refractivity contribution in [1.82, 2.24) is 14.4 Å². The molecule has 0 aliphatic rings. The lowest BCUT2D eigenvalue weighted by atomic mass is 10.2. The van der Waals surface area contributed by atoms with Crippen LogP contribution in [0.5, 0.6) is 5.75 Å². The van der Waals surface area contributed by atoms with Crippen LogP contribution in [0.25, 0.3) is 27.9 Å². The number of fused-ring (bicyclic) bond motifs is 2. The molecule has 5 aromatic rings. The third-order valence-electron chi connectivity index (χ3n) is 4.90. The highest BCUT2D eigenvalue weighted by Crippen LogP contribution is 2.24. The highest BCUT2D eigenvalue weighted by Gasteiger charge is 2.10. The van der Waals surface area contributed by atoms with Gasteiger partial charge in [0.15, 0.2) is 5.76 Å². The maximum Gasteiger partial charge on any atom is 0.155 e. The average molecular weight is 398 g/mol. The Morgan fingerprint density at radius 2 is 1.97 bits per heavy atom. The Hall–Kier alpha value is -4.13. The van der Waals surface area contributed by atoms with Gasteiger partial charge in [0, 0.05) is 36.6 Å². The number of hydrogen-bond acceptors (Lipinski definition) is 6. The van der Waals surface area contributed by atoms with E-state index in [-0.39, 0.29) is 0 Å². The zero-order valence-corrected chi connectivity index (χ0v) is 16.0. The van der Waals surface area contributed by atoms with Gasteiger partial charge in [-0.05, 0) is 54.1 Å². The highest BCUT2D eigenvalue weighted by atomic mass is 16.5. The quantitative estimate of drug-likeness (QED) is 0.357. The van der Waals surface area contributed by atoms with Crippen molar-refractivity contribution in [3.63, 3.8) is 0 Å². The third-order valence-corrected chi connectivity index (χ3v) is 4.90. The summed E-state index contributed by atoms with van der Waals surface area (Å²) in [5, 5.41) is 14.1. The molecule has 7 nitrogen and oxygen atoms in total. The summed E-state index contributed by atoms with van der Waals surface area (Å²) in [6.45, 7) is 0.525. The topological polar surface area (TPSA) is 85.2 Å². The van der Waals surface area contributed by atoms with Gasteiger partial charge < -0.3 is 18.8 Å². The smallest absolute Gasteiger partial charge is 0.155 e. The van der Waals surface area contributed by atoms with Crippen LogP contribution in [0.4, 0.5) is 0 Å². The normalized spacial score (nSPS) is 11.9. The summed E-state index contributed by atoms with van der Waals surface area (Å²) in [4.78, 5) is 8.45. The van der Waals surface area contributed by atoms with Gasteiger partial charge in [0.25, 0.3) is 0 Å². The van der Waals surface area contributed by atoms with E-state index in [1.807, 2.05) is 59.1 Å². The Labute approximate surface area is 171 Å². The lowest BCUT2D eigenvalue weighted by Crippen LogP contribution is -2.05. The van der Waals surface area contributed by atoms with Gasteiger partial charge in [-0.15, -0.1) is 0 Å². The van der Waals surface area contributed by atoms with Gasteiger partial charge in [0.05, 0.1) is 18.3 Å². The maximum atomic E-state index is 9.57. The Morgan fingerprint density at radius 1 is 1.07 bits per heavy atom. The Morgan fingerprint density at radius 3 is 2.83 bits per heavy atom. The van der Waals surface area contributed by atoms with Crippen LogP contribution in [0.3, 0.4) is 0 Å². The summed E-state index contributed by atoms with van der Waals surface area (Å²) in [7, 11) is 0. The molecule has 7 heteroatoms. The van der Waals surface area contributed by atoms with Gasteiger partial charge >= 0.3 is 0 Å². The third kappa shape index (κ3) is 3.48. The summed E-state index contributed by atoms with van der Waals surface area (Å²) in [5.74, 6) is 1.20. The van der Waals surface area contributed by atoms with Gasteiger partial charge in [-0.2, -0.15) is 0 Å². The number of aromatic nitrogens is 3. The molecule has 0 spiro atoms. The van der Waals surface area contributed by atoms with Crippen molar-refractivity contribution < 1.29 is 14.4 Å². The van der Waals surface area contributed by atoms with E-state index in [0.29, 0.717) is 40.1 Å². The van der Waals surface area contributed by atoms with E-state index in [0.717, 1.165) is 17.5 Å². The van der Waals surface area contributed by atoms with Gasteiger partial charge in [-0.1, -0.05) is 5.16 Å². The molecule has 0 bridgehead atoms. The summed E-state index contributed by atoms with van der Waals surface area (Å²) in [5.41, 5.74) is 3.39. The highest BCUT2D eigenvalue weighted by molar-refractivity contribution is 5.80. The second kappa shape index (κ2) is 7.71. The van der Waals surface area contributed by atoms with Crippen LogP contribution in [0.2, 0.25) is 0 Å². The number of hydrogen-bond donors (Lipinski definition) is 1. The van der Waals surface area contributed by atoms with Crippen molar-refractivity contribution >= 4 is 16.5 Å². The fourth-order valence-corrected chi connectivity index (χ4v) is 3.35. The summed E-state index contributed by atoms with van der Waals surface area (Å²) in [6.07, 6.45) is 7.95. The molecule has 0 aliphatic heterocycles. The molecular weight excluding hydrogens is 380 g/mol. The zero-order chi connectivity index (χ0) is 20.3. The van der Waals surface area contributed by atoms with Gasteiger partial charge in [-0.25, -0.2) is 4.98 Å². The first-order chi connectivity index (χ1) is 14.8. The minimum atomic E-state index is 0.392. The molecule has 0 atom stereocenters. The van der Waals surface area contributed by atoms with E-state index in [2.05, 4.69) is 15.1 Å². The SMILES string of the molecule is O/N=c1/cc(-c2cc3cccn3cn2)oc2ccc(OCCc3ccncc3)cc12. The largest absolute Gasteiger partial charge is 0.493 e. The van der Waals surface area contributed by atoms with E-state index in [4.69, 9.17) is 9.15 Å². The molecule has 0 radical (unpaired) electrons. The van der Waals surface area contributed by atoms with Gasteiger partial charge in [0.1, 0.15) is 22.4 Å². The van der Waals surface area contributed by atoms with Crippen LogP contribution in [0.15, 0.2) is 89.1 Å². The molecule has 1 N–H and O–H groups in total. The van der Waals surface area contributed by atoms with Crippen LogP contribution in [0.1, 0.15) is 5.56 Å². The van der Waals surface area contributed by atoms with Crippen molar-refractivity contribution in [2.24, 2.45) is 5.16 Å². The minimum Gasteiger partial charge on any atom is -0.493 e. The number of pyridine rings is 1. The zero-order valence-electron chi connectivity index (χ0n) is 16.0. The molecule has 0 aliphatic carbocycles. The molecule has 0 saturated carbocycles. The van der Waals surface area contributed by atoms with Crippen molar-refractivity contribution in [3.05, 3.63) is 90.4 Å². The van der Waals surface area contributed by atoms with Crippen molar-refractivity contribution in [2.75, 3.05) is 6.61 Å². The molecule has 148 valence electrons. The first kappa shape index (κ1) is 17.9. The van der Waals surface area contributed by atoms with Crippen molar-refractivity contribution in [1.29, 1.82) is 0 Å². The molecule has 30 heavy (non-hydrogen) atoms. The van der Waals surface area contributed by atoms with E-state index in [9.17, 15) is 5.21 Å². The lowest BCUT2D eigenvalue weighted by molar-refractivity contribution is 0.302. The number of rotatable bonds is 5. The standard InChI is InChI=1S/C23H18N4O3/c28-26-20-14-23(21-12-17-2-1-10-27(17)15-25-21)30-22-4-3-18(13-19(20)22)29-11-7-16-5-8-24-9-6-16/h1-6,8-10,12-15,28H,7,11H2/b26-20-. The van der Waals surface area contributed by atoms with Crippen molar-refractivity contribution in [3.8, 4) is 17.2 Å². The van der Waals surface area contributed by atoms with Gasteiger partial charge in [-0.3, -0.25) is 4.98 Å². The first-order valence-corrected chi connectivity index (χ1v) is 9.51. The van der Waals surface area contributed by atoms with E-state index >= 15 is 0 Å². The van der Waals surface area contributed by atoms with Crippen LogP contribution < -0.4 is 10.1 Å². The predicted octanol–water partition coefficient (Wildman–Crippen LogP) is 4.05. The Bertz CT molecular complexity index is 1390.